The summed E-state index contributed by atoms with van der Waals surface area (Å²) in [5, 5.41) is 0. The van der Waals surface area contributed by atoms with Crippen molar-refractivity contribution in [2.75, 3.05) is 20.2 Å². The maximum atomic E-state index is 12.7. The fourth-order valence-electron chi connectivity index (χ4n) is 2.81. The second-order valence-electron chi connectivity index (χ2n) is 5.41. The molecule has 5 heteroatoms. The molecule has 0 aromatic heterocycles. The molecule has 0 spiro atoms. The molecule has 0 saturated carbocycles. The monoisotopic (exact) mass is 297 g/mol. The van der Waals surface area contributed by atoms with Crippen LogP contribution >= 0.6 is 0 Å². The molecule has 112 valence electrons. The van der Waals surface area contributed by atoms with Crippen LogP contribution in [0, 0.1) is 13.8 Å². The van der Waals surface area contributed by atoms with Crippen molar-refractivity contribution in [3.63, 3.8) is 0 Å². The second kappa shape index (κ2) is 6.14. The van der Waals surface area contributed by atoms with Crippen molar-refractivity contribution in [2.24, 2.45) is 0 Å². The molecule has 1 saturated heterocycles. The van der Waals surface area contributed by atoms with E-state index in [2.05, 4.69) is 0 Å². The number of aryl methyl sites for hydroxylation is 2. The van der Waals surface area contributed by atoms with Gasteiger partial charge in [-0.15, -0.1) is 0 Å². The lowest BCUT2D eigenvalue weighted by atomic mass is 10.1. The van der Waals surface area contributed by atoms with E-state index in [1.807, 2.05) is 13.8 Å². The minimum atomic E-state index is -3.38. The highest BCUT2D eigenvalue weighted by Crippen LogP contribution is 2.28. The number of rotatable bonds is 3. The Kier molecular flexibility index (Phi) is 4.70. The minimum absolute atomic E-state index is 0.384. The Morgan fingerprint density at radius 1 is 1.00 bits per heavy atom. The topological polar surface area (TPSA) is 46.6 Å². The summed E-state index contributed by atoms with van der Waals surface area (Å²) in [7, 11) is -1.77. The van der Waals surface area contributed by atoms with Crippen LogP contribution in [0.4, 0.5) is 0 Å². The van der Waals surface area contributed by atoms with Gasteiger partial charge in [0.1, 0.15) is 5.75 Å². The van der Waals surface area contributed by atoms with Gasteiger partial charge < -0.3 is 4.74 Å². The van der Waals surface area contributed by atoms with E-state index in [4.69, 9.17) is 4.74 Å². The van der Waals surface area contributed by atoms with E-state index in [1.54, 1.807) is 23.5 Å². The van der Waals surface area contributed by atoms with E-state index in [-0.39, 0.29) is 0 Å². The van der Waals surface area contributed by atoms with Gasteiger partial charge in [0.2, 0.25) is 10.0 Å². The van der Waals surface area contributed by atoms with Gasteiger partial charge in [-0.05, 0) is 49.9 Å². The predicted octanol–water partition coefficient (Wildman–Crippen LogP) is 2.88. The summed E-state index contributed by atoms with van der Waals surface area (Å²) < 4.78 is 32.4. The lowest BCUT2D eigenvalue weighted by molar-refractivity contribution is 0.407. The molecule has 2 rings (SSSR count). The fraction of sp³-hybridized carbons (Fsp3) is 0.600. The number of ether oxygens (including phenoxy) is 1. The zero-order valence-corrected chi connectivity index (χ0v) is 13.3. The molecule has 0 radical (unpaired) electrons. The lowest BCUT2D eigenvalue weighted by Crippen LogP contribution is -2.32. The number of nitrogens with zero attached hydrogens (tertiary/aromatic N) is 1. The molecule has 20 heavy (non-hydrogen) atoms. The zero-order valence-electron chi connectivity index (χ0n) is 12.5. The van der Waals surface area contributed by atoms with Crippen molar-refractivity contribution >= 4 is 10.0 Å². The van der Waals surface area contributed by atoms with Gasteiger partial charge in [0.05, 0.1) is 12.0 Å². The molecule has 4 nitrogen and oxygen atoms in total. The SMILES string of the molecule is COc1c(C)cc(S(=O)(=O)N2CCCCCC2)cc1C. The Morgan fingerprint density at radius 2 is 1.50 bits per heavy atom. The molecule has 1 aromatic rings. The fourth-order valence-corrected chi connectivity index (χ4v) is 4.50. The van der Waals surface area contributed by atoms with Gasteiger partial charge in [0.25, 0.3) is 0 Å². The molecular weight excluding hydrogens is 274 g/mol. The van der Waals surface area contributed by atoms with Crippen LogP contribution < -0.4 is 4.74 Å². The number of methoxy groups -OCH3 is 1. The van der Waals surface area contributed by atoms with Crippen molar-refractivity contribution in [1.82, 2.24) is 4.31 Å². The van der Waals surface area contributed by atoms with E-state index < -0.39 is 10.0 Å². The summed E-state index contributed by atoms with van der Waals surface area (Å²) >= 11 is 0. The lowest BCUT2D eigenvalue weighted by Gasteiger charge is -2.21. The van der Waals surface area contributed by atoms with E-state index >= 15 is 0 Å². The molecule has 0 N–H and O–H groups in total. The summed E-state index contributed by atoms with van der Waals surface area (Å²) in [4.78, 5) is 0.384. The Bertz CT molecular complexity index is 550. The first-order chi connectivity index (χ1) is 9.46. The average molecular weight is 297 g/mol. The Morgan fingerprint density at radius 3 is 1.95 bits per heavy atom. The van der Waals surface area contributed by atoms with Crippen LogP contribution in [0.15, 0.2) is 17.0 Å². The zero-order chi connectivity index (χ0) is 14.8. The third-order valence-corrected chi connectivity index (χ3v) is 5.72. The molecule has 0 amide bonds. The first-order valence-corrected chi connectivity index (χ1v) is 8.56. The van der Waals surface area contributed by atoms with Crippen molar-refractivity contribution in [2.45, 2.75) is 44.4 Å². The average Bonchev–Trinajstić information content (AvgIpc) is 2.67. The first kappa shape index (κ1) is 15.3. The quantitative estimate of drug-likeness (QED) is 0.862. The molecule has 0 aliphatic carbocycles. The highest BCUT2D eigenvalue weighted by molar-refractivity contribution is 7.89. The highest BCUT2D eigenvalue weighted by Gasteiger charge is 2.26. The van der Waals surface area contributed by atoms with Crippen LogP contribution in [0.5, 0.6) is 5.75 Å². The van der Waals surface area contributed by atoms with Crippen LogP contribution in [0.2, 0.25) is 0 Å². The molecule has 0 bridgehead atoms. The number of sulfonamides is 1. The normalized spacial score (nSPS) is 17.8. The van der Waals surface area contributed by atoms with E-state index in [1.165, 1.54) is 0 Å². The molecular formula is C15H23NO3S. The van der Waals surface area contributed by atoms with Gasteiger partial charge in [-0.25, -0.2) is 8.42 Å². The van der Waals surface area contributed by atoms with Crippen LogP contribution in [0.25, 0.3) is 0 Å². The van der Waals surface area contributed by atoms with Gasteiger partial charge >= 0.3 is 0 Å². The maximum Gasteiger partial charge on any atom is 0.243 e. The smallest absolute Gasteiger partial charge is 0.243 e. The standard InChI is InChI=1S/C15H23NO3S/c1-12-10-14(11-13(2)15(12)19-3)20(17,18)16-8-6-4-5-7-9-16/h10-11H,4-9H2,1-3H3. The van der Waals surface area contributed by atoms with Gasteiger partial charge in [0, 0.05) is 13.1 Å². The van der Waals surface area contributed by atoms with Crippen LogP contribution in [-0.4, -0.2) is 32.9 Å². The molecule has 1 fully saturated rings. The van der Waals surface area contributed by atoms with Gasteiger partial charge in [-0.2, -0.15) is 4.31 Å². The first-order valence-electron chi connectivity index (χ1n) is 7.12. The maximum absolute atomic E-state index is 12.7. The van der Waals surface area contributed by atoms with Gasteiger partial charge in [-0.3, -0.25) is 0 Å². The second-order valence-corrected chi connectivity index (χ2v) is 7.35. The molecule has 1 aromatic carbocycles. The molecule has 0 unspecified atom stereocenters. The molecule has 0 atom stereocenters. The minimum Gasteiger partial charge on any atom is -0.496 e. The summed E-state index contributed by atoms with van der Waals surface area (Å²) in [5.41, 5.74) is 1.72. The van der Waals surface area contributed by atoms with E-state index in [0.29, 0.717) is 18.0 Å². The number of hydrogen-bond donors (Lipinski definition) is 0. The summed E-state index contributed by atoms with van der Waals surface area (Å²) in [6, 6.07) is 3.43. The van der Waals surface area contributed by atoms with Crippen molar-refractivity contribution in [1.29, 1.82) is 0 Å². The third-order valence-electron chi connectivity index (χ3n) is 3.84. The Balaban J connectivity index is 2.38. The van der Waals surface area contributed by atoms with E-state index in [0.717, 1.165) is 42.6 Å². The van der Waals surface area contributed by atoms with Crippen LogP contribution in [-0.2, 0) is 10.0 Å². The molecule has 1 aliphatic heterocycles. The number of benzene rings is 1. The highest BCUT2D eigenvalue weighted by atomic mass is 32.2. The summed E-state index contributed by atoms with van der Waals surface area (Å²) in [5.74, 6) is 0.764. The molecule has 1 aliphatic rings. The predicted molar refractivity (Wildman–Crippen MR) is 79.7 cm³/mol. The summed E-state index contributed by atoms with van der Waals surface area (Å²) in [6.07, 6.45) is 4.14. The van der Waals surface area contributed by atoms with Gasteiger partial charge in [0.15, 0.2) is 0 Å². The largest absolute Gasteiger partial charge is 0.496 e. The molecule has 1 heterocycles. The van der Waals surface area contributed by atoms with Gasteiger partial charge in [-0.1, -0.05) is 12.8 Å². The van der Waals surface area contributed by atoms with Crippen molar-refractivity contribution in [3.05, 3.63) is 23.3 Å². The Labute approximate surface area is 121 Å². The Hall–Kier alpha value is -1.07. The van der Waals surface area contributed by atoms with Crippen LogP contribution in [0.1, 0.15) is 36.8 Å². The third kappa shape index (κ3) is 2.99. The van der Waals surface area contributed by atoms with E-state index in [9.17, 15) is 8.42 Å². The number of hydrogen-bond acceptors (Lipinski definition) is 3. The van der Waals surface area contributed by atoms with Crippen molar-refractivity contribution in [3.8, 4) is 5.75 Å². The van der Waals surface area contributed by atoms with Crippen LogP contribution in [0.3, 0.4) is 0 Å². The van der Waals surface area contributed by atoms with Crippen molar-refractivity contribution < 1.29 is 13.2 Å². The summed E-state index contributed by atoms with van der Waals surface area (Å²) in [6.45, 7) is 5.03.